The molecule has 0 amide bonds. The van der Waals surface area contributed by atoms with Gasteiger partial charge in [0.15, 0.2) is 5.65 Å². The monoisotopic (exact) mass is 243 g/mol. The number of rotatable bonds is 2. The molecule has 0 saturated heterocycles. The smallest absolute Gasteiger partial charge is 0.153 e. The van der Waals surface area contributed by atoms with Gasteiger partial charge in [0, 0.05) is 5.56 Å². The van der Waals surface area contributed by atoms with Crippen molar-refractivity contribution >= 4 is 5.65 Å². The lowest BCUT2D eigenvalue weighted by Gasteiger charge is -2.01. The molecule has 5 heteroatoms. The highest BCUT2D eigenvalue weighted by Gasteiger charge is 2.04. The van der Waals surface area contributed by atoms with Crippen LogP contribution in [0.2, 0.25) is 0 Å². The van der Waals surface area contributed by atoms with Crippen LogP contribution in [0.15, 0.2) is 42.6 Å². The Balaban J connectivity index is 2.09. The minimum Gasteiger partial charge on any atom is -0.390 e. The van der Waals surface area contributed by atoms with Crippen LogP contribution in [0.5, 0.6) is 0 Å². The maximum atomic E-state index is 12.8. The molecule has 0 bridgehead atoms. The third kappa shape index (κ3) is 1.84. The van der Waals surface area contributed by atoms with E-state index in [1.807, 2.05) is 12.1 Å². The molecular formula is C13H10FN3O. The Labute approximate surface area is 102 Å². The maximum Gasteiger partial charge on any atom is 0.153 e. The van der Waals surface area contributed by atoms with E-state index in [9.17, 15) is 4.39 Å². The van der Waals surface area contributed by atoms with Crippen LogP contribution >= 0.6 is 0 Å². The second-order valence-corrected chi connectivity index (χ2v) is 3.92. The molecule has 0 aliphatic carbocycles. The average Bonchev–Trinajstić information content (AvgIpc) is 2.81. The molecule has 0 unspecified atom stereocenters. The lowest BCUT2D eigenvalue weighted by molar-refractivity contribution is 0.277. The molecule has 3 rings (SSSR count). The van der Waals surface area contributed by atoms with Gasteiger partial charge in [-0.15, -0.1) is 0 Å². The van der Waals surface area contributed by atoms with Gasteiger partial charge < -0.3 is 5.11 Å². The fourth-order valence-electron chi connectivity index (χ4n) is 1.78. The van der Waals surface area contributed by atoms with Crippen molar-refractivity contribution in [3.05, 3.63) is 54.1 Å². The third-order valence-electron chi connectivity index (χ3n) is 2.67. The molecular weight excluding hydrogens is 233 g/mol. The number of nitrogens with zero attached hydrogens (tertiary/aromatic N) is 3. The summed E-state index contributed by atoms with van der Waals surface area (Å²) in [5.41, 5.74) is 2.80. The van der Waals surface area contributed by atoms with Crippen LogP contribution in [0.3, 0.4) is 0 Å². The van der Waals surface area contributed by atoms with Gasteiger partial charge >= 0.3 is 0 Å². The van der Waals surface area contributed by atoms with Crippen LogP contribution in [-0.4, -0.2) is 19.7 Å². The summed E-state index contributed by atoms with van der Waals surface area (Å²) < 4.78 is 14.4. The van der Waals surface area contributed by atoms with E-state index in [4.69, 9.17) is 5.11 Å². The molecule has 0 fully saturated rings. The summed E-state index contributed by atoms with van der Waals surface area (Å²) in [5.74, 6) is -0.273. The first kappa shape index (κ1) is 10.9. The summed E-state index contributed by atoms with van der Waals surface area (Å²) in [4.78, 5) is 4.17. The van der Waals surface area contributed by atoms with E-state index >= 15 is 0 Å². The molecule has 1 N–H and O–H groups in total. The number of hydrogen-bond donors (Lipinski definition) is 1. The summed E-state index contributed by atoms with van der Waals surface area (Å²) in [6.45, 7) is -0.116. The largest absolute Gasteiger partial charge is 0.390 e. The third-order valence-corrected chi connectivity index (χ3v) is 2.67. The summed E-state index contributed by atoms with van der Waals surface area (Å²) in [6, 6.07) is 9.77. The summed E-state index contributed by atoms with van der Waals surface area (Å²) in [5, 5.41) is 13.4. The topological polar surface area (TPSA) is 50.4 Å². The fourth-order valence-corrected chi connectivity index (χ4v) is 1.78. The molecule has 0 aliphatic rings. The number of hydrogen-bond acceptors (Lipinski definition) is 3. The minimum absolute atomic E-state index is 0.116. The van der Waals surface area contributed by atoms with Crippen LogP contribution < -0.4 is 0 Å². The Kier molecular flexibility index (Phi) is 2.53. The van der Waals surface area contributed by atoms with E-state index in [2.05, 4.69) is 10.1 Å². The normalized spacial score (nSPS) is 11.0. The van der Waals surface area contributed by atoms with E-state index in [1.165, 1.54) is 12.1 Å². The highest BCUT2D eigenvalue weighted by molar-refractivity contribution is 5.60. The van der Waals surface area contributed by atoms with Crippen LogP contribution in [0.25, 0.3) is 16.9 Å². The zero-order valence-electron chi connectivity index (χ0n) is 9.42. The van der Waals surface area contributed by atoms with Crippen LogP contribution in [0, 0.1) is 5.82 Å². The van der Waals surface area contributed by atoms with E-state index in [0.717, 1.165) is 11.3 Å². The number of halogens is 1. The second kappa shape index (κ2) is 4.19. The lowest BCUT2D eigenvalue weighted by atomic mass is 10.1. The standard InChI is InChI=1S/C13H10FN3O/c14-10-3-1-9(2-4-10)12-5-6-13-15-11(8-18)7-17(13)16-12/h1-7,18H,8H2. The number of aromatic nitrogens is 3. The Morgan fingerprint density at radius 2 is 1.89 bits per heavy atom. The first-order valence-corrected chi connectivity index (χ1v) is 5.48. The van der Waals surface area contributed by atoms with E-state index < -0.39 is 0 Å². The molecule has 0 spiro atoms. The minimum atomic E-state index is -0.273. The van der Waals surface area contributed by atoms with Gasteiger partial charge in [-0.3, -0.25) is 0 Å². The van der Waals surface area contributed by atoms with Crippen LogP contribution in [-0.2, 0) is 6.61 Å². The van der Waals surface area contributed by atoms with E-state index in [-0.39, 0.29) is 12.4 Å². The van der Waals surface area contributed by atoms with Gasteiger partial charge in [-0.1, -0.05) is 0 Å². The first-order chi connectivity index (χ1) is 8.76. The second-order valence-electron chi connectivity index (χ2n) is 3.92. The van der Waals surface area contributed by atoms with Gasteiger partial charge in [-0.2, -0.15) is 5.10 Å². The Hall–Kier alpha value is -2.27. The number of imidazole rings is 1. The van der Waals surface area contributed by atoms with Crippen LogP contribution in [0.1, 0.15) is 5.69 Å². The molecule has 2 aromatic heterocycles. The zero-order chi connectivity index (χ0) is 12.5. The van der Waals surface area contributed by atoms with Gasteiger partial charge in [0.25, 0.3) is 0 Å². The number of benzene rings is 1. The van der Waals surface area contributed by atoms with E-state index in [1.54, 1.807) is 22.8 Å². The SMILES string of the molecule is OCc1cn2nc(-c3ccc(F)cc3)ccc2n1. The number of aliphatic hydroxyl groups excluding tert-OH is 1. The van der Waals surface area contributed by atoms with Gasteiger partial charge in [0.05, 0.1) is 24.2 Å². The first-order valence-electron chi connectivity index (χ1n) is 5.48. The average molecular weight is 243 g/mol. The Morgan fingerprint density at radius 1 is 1.11 bits per heavy atom. The quantitative estimate of drug-likeness (QED) is 0.749. The van der Waals surface area contributed by atoms with Crippen molar-refractivity contribution in [2.75, 3.05) is 0 Å². The molecule has 0 aliphatic heterocycles. The van der Waals surface area contributed by atoms with Crippen molar-refractivity contribution in [2.24, 2.45) is 0 Å². The van der Waals surface area contributed by atoms with Crippen molar-refractivity contribution in [3.8, 4) is 11.3 Å². The van der Waals surface area contributed by atoms with Crippen LogP contribution in [0.4, 0.5) is 4.39 Å². The molecule has 2 heterocycles. The van der Waals surface area contributed by atoms with Crippen molar-refractivity contribution in [2.45, 2.75) is 6.61 Å². The zero-order valence-corrected chi connectivity index (χ0v) is 9.42. The molecule has 18 heavy (non-hydrogen) atoms. The van der Waals surface area contributed by atoms with Crippen molar-refractivity contribution in [3.63, 3.8) is 0 Å². The van der Waals surface area contributed by atoms with Gasteiger partial charge in [0.1, 0.15) is 5.82 Å². The summed E-state index contributed by atoms with van der Waals surface area (Å²) in [7, 11) is 0. The number of aliphatic hydroxyl groups is 1. The lowest BCUT2D eigenvalue weighted by Crippen LogP contribution is -1.93. The summed E-state index contributed by atoms with van der Waals surface area (Å²) in [6.07, 6.45) is 1.67. The summed E-state index contributed by atoms with van der Waals surface area (Å²) >= 11 is 0. The molecule has 0 saturated carbocycles. The Bertz CT molecular complexity index is 691. The number of fused-ring (bicyclic) bond motifs is 1. The highest BCUT2D eigenvalue weighted by atomic mass is 19.1. The highest BCUT2D eigenvalue weighted by Crippen LogP contribution is 2.17. The van der Waals surface area contributed by atoms with E-state index in [0.29, 0.717) is 11.3 Å². The Morgan fingerprint density at radius 3 is 2.61 bits per heavy atom. The van der Waals surface area contributed by atoms with Gasteiger partial charge in [-0.05, 0) is 36.4 Å². The predicted octanol–water partition coefficient (Wildman–Crippen LogP) is 2.03. The van der Waals surface area contributed by atoms with Gasteiger partial charge in [0.2, 0.25) is 0 Å². The predicted molar refractivity (Wildman–Crippen MR) is 64.3 cm³/mol. The molecule has 4 nitrogen and oxygen atoms in total. The fraction of sp³-hybridized carbons (Fsp3) is 0.0769. The molecule has 1 aromatic carbocycles. The van der Waals surface area contributed by atoms with Crippen molar-refractivity contribution in [1.82, 2.24) is 14.6 Å². The molecule has 0 atom stereocenters. The molecule has 3 aromatic rings. The molecule has 90 valence electrons. The van der Waals surface area contributed by atoms with Gasteiger partial charge in [-0.25, -0.2) is 13.9 Å². The molecule has 0 radical (unpaired) electrons. The van der Waals surface area contributed by atoms with Crippen molar-refractivity contribution in [1.29, 1.82) is 0 Å². The van der Waals surface area contributed by atoms with Crippen molar-refractivity contribution < 1.29 is 9.50 Å². The maximum absolute atomic E-state index is 12.8.